The van der Waals surface area contributed by atoms with Crippen LogP contribution in [-0.2, 0) is 0 Å². The van der Waals surface area contributed by atoms with Crippen LogP contribution in [0.3, 0.4) is 0 Å². The van der Waals surface area contributed by atoms with E-state index >= 15 is 0 Å². The maximum absolute atomic E-state index is 11.1. The van der Waals surface area contributed by atoms with Crippen LogP contribution >= 0.6 is 11.8 Å². The van der Waals surface area contributed by atoms with E-state index in [1.54, 1.807) is 18.8 Å². The van der Waals surface area contributed by atoms with Gasteiger partial charge in [-0.1, -0.05) is 13.8 Å². The van der Waals surface area contributed by atoms with Crippen molar-refractivity contribution in [2.75, 3.05) is 13.3 Å². The van der Waals surface area contributed by atoms with Crippen molar-refractivity contribution in [2.24, 2.45) is 0 Å². The topological polar surface area (TPSA) is 29.1 Å². The number of carbonyl (C=O) groups is 1. The van der Waals surface area contributed by atoms with Gasteiger partial charge < -0.3 is 5.32 Å². The molecule has 14 heavy (non-hydrogen) atoms. The smallest absolute Gasteiger partial charge is 0.251 e. The number of benzene rings is 1. The number of nitrogens with one attached hydrogen (secondary N) is 1. The average Bonchev–Trinajstić information content (AvgIpc) is 2.31. The Hall–Kier alpha value is -0.960. The Balaban J connectivity index is 0.000000791. The number of hydrogen-bond donors (Lipinski definition) is 1. The van der Waals surface area contributed by atoms with E-state index in [1.807, 2.05) is 44.4 Å². The van der Waals surface area contributed by atoms with Crippen molar-refractivity contribution in [3.63, 3.8) is 0 Å². The van der Waals surface area contributed by atoms with Crippen molar-refractivity contribution in [2.45, 2.75) is 18.7 Å². The molecule has 0 radical (unpaired) electrons. The van der Waals surface area contributed by atoms with Gasteiger partial charge >= 0.3 is 0 Å². The summed E-state index contributed by atoms with van der Waals surface area (Å²) in [7, 11) is 1.63. The summed E-state index contributed by atoms with van der Waals surface area (Å²) >= 11 is 1.67. The second-order valence-corrected chi connectivity index (χ2v) is 3.19. The second kappa shape index (κ2) is 7.44. The zero-order chi connectivity index (χ0) is 11.0. The summed E-state index contributed by atoms with van der Waals surface area (Å²) in [6.07, 6.45) is 2.01. The molecule has 1 aromatic rings. The van der Waals surface area contributed by atoms with Crippen LogP contribution in [0.5, 0.6) is 0 Å². The van der Waals surface area contributed by atoms with Gasteiger partial charge in [-0.05, 0) is 30.5 Å². The summed E-state index contributed by atoms with van der Waals surface area (Å²) in [6, 6.07) is 7.53. The first-order valence-corrected chi connectivity index (χ1v) is 5.86. The molecule has 1 amide bonds. The summed E-state index contributed by atoms with van der Waals surface area (Å²) in [6.45, 7) is 4.00. The van der Waals surface area contributed by atoms with E-state index in [0.717, 1.165) is 0 Å². The molecule has 0 atom stereocenters. The molecule has 0 saturated heterocycles. The highest BCUT2D eigenvalue weighted by Crippen LogP contribution is 2.14. The monoisotopic (exact) mass is 211 g/mol. The van der Waals surface area contributed by atoms with Gasteiger partial charge in [0.2, 0.25) is 0 Å². The van der Waals surface area contributed by atoms with Crippen molar-refractivity contribution in [1.29, 1.82) is 0 Å². The van der Waals surface area contributed by atoms with Gasteiger partial charge in [0.1, 0.15) is 0 Å². The van der Waals surface area contributed by atoms with Crippen LogP contribution in [0.1, 0.15) is 24.2 Å². The SMILES string of the molecule is CC.CNC(=O)c1ccc(SC)cc1. The largest absolute Gasteiger partial charge is 0.355 e. The predicted octanol–water partition coefficient (Wildman–Crippen LogP) is 2.79. The molecule has 3 heteroatoms. The molecule has 0 spiro atoms. The van der Waals surface area contributed by atoms with Crippen LogP contribution in [0.2, 0.25) is 0 Å². The van der Waals surface area contributed by atoms with Crippen molar-refractivity contribution in [3.8, 4) is 0 Å². The minimum atomic E-state index is -0.0392. The Morgan fingerprint density at radius 1 is 1.21 bits per heavy atom. The third kappa shape index (κ3) is 3.83. The third-order valence-electron chi connectivity index (χ3n) is 1.58. The maximum atomic E-state index is 11.1. The van der Waals surface area contributed by atoms with Gasteiger partial charge in [-0.3, -0.25) is 4.79 Å². The molecule has 78 valence electrons. The van der Waals surface area contributed by atoms with Crippen LogP contribution in [0, 0.1) is 0 Å². The molecule has 0 aliphatic rings. The summed E-state index contributed by atoms with van der Waals surface area (Å²) in [5.41, 5.74) is 0.704. The molecular weight excluding hydrogens is 194 g/mol. The molecule has 1 rings (SSSR count). The van der Waals surface area contributed by atoms with E-state index in [1.165, 1.54) is 4.90 Å². The Bertz CT molecular complexity index is 269. The van der Waals surface area contributed by atoms with Crippen LogP contribution in [0.4, 0.5) is 0 Å². The van der Waals surface area contributed by atoms with Gasteiger partial charge in [0.15, 0.2) is 0 Å². The fourth-order valence-electron chi connectivity index (χ4n) is 0.887. The Morgan fingerprint density at radius 2 is 1.71 bits per heavy atom. The molecule has 0 heterocycles. The van der Waals surface area contributed by atoms with Gasteiger partial charge in [0.25, 0.3) is 5.91 Å². The number of carbonyl (C=O) groups excluding carboxylic acids is 1. The second-order valence-electron chi connectivity index (χ2n) is 2.31. The number of amides is 1. The standard InChI is InChI=1S/C9H11NOS.C2H6/c1-10-9(11)7-3-5-8(12-2)6-4-7;1-2/h3-6H,1-2H3,(H,10,11);1-2H3. The number of rotatable bonds is 2. The van der Waals surface area contributed by atoms with Gasteiger partial charge in [0.05, 0.1) is 0 Å². The highest BCUT2D eigenvalue weighted by atomic mass is 32.2. The van der Waals surface area contributed by atoms with Crippen LogP contribution in [0.25, 0.3) is 0 Å². The van der Waals surface area contributed by atoms with Crippen LogP contribution in [-0.4, -0.2) is 19.2 Å². The molecule has 1 N–H and O–H groups in total. The highest BCUT2D eigenvalue weighted by molar-refractivity contribution is 7.98. The minimum Gasteiger partial charge on any atom is -0.355 e. The Morgan fingerprint density at radius 3 is 2.07 bits per heavy atom. The first-order valence-electron chi connectivity index (χ1n) is 4.64. The lowest BCUT2D eigenvalue weighted by Crippen LogP contribution is -2.17. The van der Waals surface area contributed by atoms with Crippen molar-refractivity contribution < 1.29 is 4.79 Å². The van der Waals surface area contributed by atoms with Gasteiger partial charge in [-0.15, -0.1) is 11.8 Å². The summed E-state index contributed by atoms with van der Waals surface area (Å²) in [5, 5.41) is 2.57. The molecule has 1 aromatic carbocycles. The molecule has 0 unspecified atom stereocenters. The molecule has 0 aliphatic carbocycles. The van der Waals surface area contributed by atoms with E-state index in [2.05, 4.69) is 5.32 Å². The van der Waals surface area contributed by atoms with E-state index in [0.29, 0.717) is 5.56 Å². The van der Waals surface area contributed by atoms with Crippen LogP contribution < -0.4 is 5.32 Å². The van der Waals surface area contributed by atoms with Gasteiger partial charge in [-0.25, -0.2) is 0 Å². The van der Waals surface area contributed by atoms with E-state index in [4.69, 9.17) is 0 Å². The Labute approximate surface area is 90.1 Å². The molecule has 0 fully saturated rings. The minimum absolute atomic E-state index is 0.0392. The van der Waals surface area contributed by atoms with Crippen LogP contribution in [0.15, 0.2) is 29.2 Å². The van der Waals surface area contributed by atoms with Crippen molar-refractivity contribution in [3.05, 3.63) is 29.8 Å². The molecule has 0 bridgehead atoms. The third-order valence-corrected chi connectivity index (χ3v) is 2.32. The first-order chi connectivity index (χ1) is 6.77. The van der Waals surface area contributed by atoms with Crippen molar-refractivity contribution >= 4 is 17.7 Å². The number of hydrogen-bond acceptors (Lipinski definition) is 2. The quantitative estimate of drug-likeness (QED) is 0.762. The summed E-state index contributed by atoms with van der Waals surface area (Å²) < 4.78 is 0. The van der Waals surface area contributed by atoms with Crippen molar-refractivity contribution in [1.82, 2.24) is 5.32 Å². The molecular formula is C11H17NOS. The lowest BCUT2D eigenvalue weighted by atomic mass is 10.2. The van der Waals surface area contributed by atoms with Gasteiger partial charge in [-0.2, -0.15) is 0 Å². The fraction of sp³-hybridized carbons (Fsp3) is 0.364. The zero-order valence-corrected chi connectivity index (χ0v) is 9.94. The summed E-state index contributed by atoms with van der Waals surface area (Å²) in [5.74, 6) is -0.0392. The lowest BCUT2D eigenvalue weighted by Gasteiger charge is -1.99. The van der Waals surface area contributed by atoms with E-state index < -0.39 is 0 Å². The fourth-order valence-corrected chi connectivity index (χ4v) is 1.29. The molecule has 0 saturated carbocycles. The highest BCUT2D eigenvalue weighted by Gasteiger charge is 2.00. The maximum Gasteiger partial charge on any atom is 0.251 e. The average molecular weight is 211 g/mol. The zero-order valence-electron chi connectivity index (χ0n) is 9.13. The van der Waals surface area contributed by atoms with Gasteiger partial charge in [0, 0.05) is 17.5 Å². The predicted molar refractivity (Wildman–Crippen MR) is 63.0 cm³/mol. The molecule has 0 aliphatic heterocycles. The number of thioether (sulfide) groups is 1. The normalized spacial score (nSPS) is 8.57. The molecule has 2 nitrogen and oxygen atoms in total. The van der Waals surface area contributed by atoms with E-state index in [-0.39, 0.29) is 5.91 Å². The first kappa shape index (κ1) is 13.0. The summed E-state index contributed by atoms with van der Waals surface area (Å²) in [4.78, 5) is 12.3. The van der Waals surface area contributed by atoms with E-state index in [9.17, 15) is 4.79 Å². The Kier molecular flexibility index (Phi) is 6.93. The molecule has 0 aromatic heterocycles. The lowest BCUT2D eigenvalue weighted by molar-refractivity contribution is 0.0963.